The van der Waals surface area contributed by atoms with Crippen LogP contribution in [-0.4, -0.2) is 30.4 Å². The molecule has 4 rings (SSSR count). The van der Waals surface area contributed by atoms with Gasteiger partial charge in [0.1, 0.15) is 0 Å². The summed E-state index contributed by atoms with van der Waals surface area (Å²) < 4.78 is 1.04. The van der Waals surface area contributed by atoms with Crippen LogP contribution in [0.5, 0.6) is 0 Å². The third kappa shape index (κ3) is 4.44. The zero-order valence-electron chi connectivity index (χ0n) is 15.7. The minimum atomic E-state index is -0.290. The summed E-state index contributed by atoms with van der Waals surface area (Å²) in [6, 6.07) is 18.9. The third-order valence-corrected chi connectivity index (χ3v) is 6.46. The van der Waals surface area contributed by atoms with Crippen LogP contribution in [0.3, 0.4) is 0 Å². The summed E-state index contributed by atoms with van der Waals surface area (Å²) in [7, 11) is 0. The summed E-state index contributed by atoms with van der Waals surface area (Å²) in [5, 5.41) is 3.28. The Labute approximate surface area is 170 Å². The van der Waals surface area contributed by atoms with Crippen molar-refractivity contribution in [3.8, 4) is 0 Å². The quantitative estimate of drug-likeness (QED) is 0.736. The van der Waals surface area contributed by atoms with Crippen LogP contribution in [0.1, 0.15) is 36.8 Å². The van der Waals surface area contributed by atoms with Gasteiger partial charge in [-0.3, -0.25) is 9.69 Å². The average molecular weight is 427 g/mol. The smallest absolute Gasteiger partial charge is 0.230 e. The van der Waals surface area contributed by atoms with Crippen molar-refractivity contribution in [2.45, 2.75) is 37.6 Å². The Kier molecular flexibility index (Phi) is 5.65. The van der Waals surface area contributed by atoms with E-state index in [0.29, 0.717) is 5.92 Å². The molecule has 1 N–H and O–H groups in total. The minimum absolute atomic E-state index is 0.209. The Morgan fingerprint density at radius 1 is 1.15 bits per heavy atom. The zero-order valence-corrected chi connectivity index (χ0v) is 17.2. The van der Waals surface area contributed by atoms with E-state index in [1.165, 1.54) is 18.4 Å². The maximum Gasteiger partial charge on any atom is 0.230 e. The fraction of sp³-hybridized carbons (Fsp3) is 0.435. The van der Waals surface area contributed by atoms with Gasteiger partial charge in [0, 0.05) is 24.1 Å². The lowest BCUT2D eigenvalue weighted by atomic mass is 9.93. The summed E-state index contributed by atoms with van der Waals surface area (Å²) in [5.74, 6) is 0.755. The molecule has 27 heavy (non-hydrogen) atoms. The lowest BCUT2D eigenvalue weighted by Crippen LogP contribution is -2.43. The molecule has 142 valence electrons. The first-order valence-electron chi connectivity index (χ1n) is 9.96. The Bertz CT molecular complexity index is 788. The second kappa shape index (κ2) is 8.15. The van der Waals surface area contributed by atoms with Crippen LogP contribution >= 0.6 is 15.9 Å². The Morgan fingerprint density at radius 2 is 1.96 bits per heavy atom. The monoisotopic (exact) mass is 426 g/mol. The number of likely N-dealkylation sites (tertiary alicyclic amines) is 1. The van der Waals surface area contributed by atoms with Crippen molar-refractivity contribution in [1.29, 1.82) is 0 Å². The Hall–Kier alpha value is -1.65. The van der Waals surface area contributed by atoms with Crippen molar-refractivity contribution in [3.05, 3.63) is 70.2 Å². The molecule has 0 bridgehead atoms. The second-order valence-corrected chi connectivity index (χ2v) is 8.95. The average Bonchev–Trinajstić information content (AvgIpc) is 3.49. The SMILES string of the molecule is O=C(NCC1CCCN(Cc2ccccc2)C1)C1(c2cccc(Br)c2)CC1. The first-order chi connectivity index (χ1) is 13.2. The normalized spacial score (nSPS) is 21.6. The summed E-state index contributed by atoms with van der Waals surface area (Å²) in [5.41, 5.74) is 2.22. The minimum Gasteiger partial charge on any atom is -0.355 e. The van der Waals surface area contributed by atoms with Crippen molar-refractivity contribution in [2.24, 2.45) is 5.92 Å². The van der Waals surface area contributed by atoms with Crippen molar-refractivity contribution >= 4 is 21.8 Å². The Balaban J connectivity index is 1.31. The number of hydrogen-bond donors (Lipinski definition) is 1. The fourth-order valence-electron chi connectivity index (χ4n) is 4.27. The third-order valence-electron chi connectivity index (χ3n) is 5.97. The highest BCUT2D eigenvalue weighted by molar-refractivity contribution is 9.10. The number of rotatable bonds is 6. The van der Waals surface area contributed by atoms with Gasteiger partial charge in [-0.05, 0) is 61.4 Å². The van der Waals surface area contributed by atoms with Crippen LogP contribution in [0.25, 0.3) is 0 Å². The predicted molar refractivity (Wildman–Crippen MR) is 113 cm³/mol. The lowest BCUT2D eigenvalue weighted by molar-refractivity contribution is -0.123. The number of carbonyl (C=O) groups excluding carboxylic acids is 1. The summed E-state index contributed by atoms with van der Waals surface area (Å²) in [6.07, 6.45) is 4.33. The molecule has 0 aromatic heterocycles. The van der Waals surface area contributed by atoms with Crippen molar-refractivity contribution in [1.82, 2.24) is 10.2 Å². The molecule has 1 saturated heterocycles. The summed E-state index contributed by atoms with van der Waals surface area (Å²) in [4.78, 5) is 15.4. The van der Waals surface area contributed by atoms with Crippen LogP contribution in [0.2, 0.25) is 0 Å². The van der Waals surface area contributed by atoms with Gasteiger partial charge in [-0.2, -0.15) is 0 Å². The first kappa shape index (κ1) is 18.7. The molecule has 1 amide bonds. The summed E-state index contributed by atoms with van der Waals surface area (Å²) in [6.45, 7) is 4.02. The van der Waals surface area contributed by atoms with Gasteiger partial charge in [-0.15, -0.1) is 0 Å². The highest BCUT2D eigenvalue weighted by atomic mass is 79.9. The molecule has 1 aliphatic heterocycles. The van der Waals surface area contributed by atoms with Crippen molar-refractivity contribution in [3.63, 3.8) is 0 Å². The van der Waals surface area contributed by atoms with Crippen LogP contribution in [0.4, 0.5) is 0 Å². The maximum absolute atomic E-state index is 12.9. The molecule has 1 saturated carbocycles. The predicted octanol–water partition coefficient (Wildman–Crippen LogP) is 4.51. The van der Waals surface area contributed by atoms with E-state index in [9.17, 15) is 4.79 Å². The largest absolute Gasteiger partial charge is 0.355 e. The van der Waals surface area contributed by atoms with Crippen LogP contribution in [-0.2, 0) is 16.8 Å². The molecule has 2 aromatic rings. The van der Waals surface area contributed by atoms with E-state index in [1.807, 2.05) is 12.1 Å². The van der Waals surface area contributed by atoms with Crippen molar-refractivity contribution in [2.75, 3.05) is 19.6 Å². The van der Waals surface area contributed by atoms with Gasteiger partial charge >= 0.3 is 0 Å². The Morgan fingerprint density at radius 3 is 2.70 bits per heavy atom. The topological polar surface area (TPSA) is 32.3 Å². The molecular weight excluding hydrogens is 400 g/mol. The molecule has 0 spiro atoms. The summed E-state index contributed by atoms with van der Waals surface area (Å²) >= 11 is 3.53. The fourth-order valence-corrected chi connectivity index (χ4v) is 4.67. The molecule has 4 heteroatoms. The molecule has 2 fully saturated rings. The molecule has 3 nitrogen and oxygen atoms in total. The number of amides is 1. The van der Waals surface area contributed by atoms with E-state index in [2.05, 4.69) is 68.6 Å². The van der Waals surface area contributed by atoms with E-state index in [-0.39, 0.29) is 11.3 Å². The zero-order chi connectivity index (χ0) is 18.7. The highest BCUT2D eigenvalue weighted by Gasteiger charge is 2.51. The molecule has 0 radical (unpaired) electrons. The number of carbonyl (C=O) groups is 1. The molecular formula is C23H27BrN2O. The van der Waals surface area contributed by atoms with Crippen LogP contribution < -0.4 is 5.32 Å². The van der Waals surface area contributed by atoms with E-state index >= 15 is 0 Å². The van der Waals surface area contributed by atoms with Gasteiger partial charge in [0.15, 0.2) is 0 Å². The molecule has 1 unspecified atom stereocenters. The molecule has 2 aromatic carbocycles. The number of benzene rings is 2. The molecule has 2 aliphatic rings. The standard InChI is InChI=1S/C23H27BrN2O/c24-21-10-4-9-20(14-21)23(11-12-23)22(27)25-15-19-8-5-13-26(17-19)16-18-6-2-1-3-7-18/h1-4,6-7,9-10,14,19H,5,8,11-13,15-17H2,(H,25,27). The first-order valence-corrected chi connectivity index (χ1v) is 10.8. The van der Waals surface area contributed by atoms with Gasteiger partial charge in [0.05, 0.1) is 5.41 Å². The van der Waals surface area contributed by atoms with E-state index in [1.54, 1.807) is 0 Å². The molecule has 1 aliphatic carbocycles. The van der Waals surface area contributed by atoms with Crippen molar-refractivity contribution < 1.29 is 4.79 Å². The van der Waals surface area contributed by atoms with Gasteiger partial charge in [0.25, 0.3) is 0 Å². The second-order valence-electron chi connectivity index (χ2n) is 8.03. The van der Waals surface area contributed by atoms with Gasteiger partial charge in [0.2, 0.25) is 5.91 Å². The lowest BCUT2D eigenvalue weighted by Gasteiger charge is -2.33. The molecule has 1 heterocycles. The highest BCUT2D eigenvalue weighted by Crippen LogP contribution is 2.48. The van der Waals surface area contributed by atoms with Crippen LogP contribution in [0, 0.1) is 5.92 Å². The number of piperidine rings is 1. The van der Waals surface area contributed by atoms with E-state index in [4.69, 9.17) is 0 Å². The van der Waals surface area contributed by atoms with E-state index < -0.39 is 0 Å². The van der Waals surface area contributed by atoms with Gasteiger partial charge < -0.3 is 5.32 Å². The molecule has 1 atom stereocenters. The number of hydrogen-bond acceptors (Lipinski definition) is 2. The van der Waals surface area contributed by atoms with Gasteiger partial charge in [-0.25, -0.2) is 0 Å². The number of nitrogens with zero attached hydrogens (tertiary/aromatic N) is 1. The number of nitrogens with one attached hydrogen (secondary N) is 1. The number of halogens is 1. The maximum atomic E-state index is 12.9. The van der Waals surface area contributed by atoms with E-state index in [0.717, 1.165) is 49.1 Å². The van der Waals surface area contributed by atoms with Crippen LogP contribution in [0.15, 0.2) is 59.1 Å². The van der Waals surface area contributed by atoms with Gasteiger partial charge in [-0.1, -0.05) is 58.4 Å².